The minimum atomic E-state index is 0.660. The topological polar surface area (TPSA) is 26.3 Å². The highest BCUT2D eigenvalue weighted by Gasteiger charge is 2.04. The van der Waals surface area contributed by atoms with E-state index in [-0.39, 0.29) is 0 Å². The van der Waals surface area contributed by atoms with Gasteiger partial charge in [-0.1, -0.05) is 29.8 Å². The molecule has 0 unspecified atom stereocenters. The maximum absolute atomic E-state index is 10.2. The fourth-order valence-corrected chi connectivity index (χ4v) is 1.90. The fraction of sp³-hybridized carbons (Fsp3) is 0.471. The zero-order valence-electron chi connectivity index (χ0n) is 12.2. The van der Waals surface area contributed by atoms with E-state index in [2.05, 4.69) is 45.0 Å². The summed E-state index contributed by atoms with van der Waals surface area (Å²) in [4.78, 5) is 10.2. The fourth-order valence-electron chi connectivity index (χ4n) is 1.90. The van der Waals surface area contributed by atoms with Crippen LogP contribution in [0.4, 0.5) is 0 Å². The Kier molecular flexibility index (Phi) is 6.94. The number of carbonyl (C=O) groups is 1. The van der Waals surface area contributed by atoms with Crippen LogP contribution >= 0.6 is 0 Å². The van der Waals surface area contributed by atoms with Crippen molar-refractivity contribution in [2.75, 3.05) is 6.61 Å². The number of rotatable bonds is 8. The number of hydrogen-bond acceptors (Lipinski definition) is 2. The molecule has 0 aliphatic carbocycles. The number of carbonyl (C=O) groups excluding carboxylic acids is 1. The van der Waals surface area contributed by atoms with Crippen molar-refractivity contribution in [3.05, 3.63) is 41.0 Å². The second-order valence-corrected chi connectivity index (χ2v) is 5.06. The van der Waals surface area contributed by atoms with E-state index in [1.54, 1.807) is 0 Å². The van der Waals surface area contributed by atoms with Crippen LogP contribution in [0, 0.1) is 6.92 Å². The number of aryl methyl sites for hydroxylation is 1. The van der Waals surface area contributed by atoms with Crippen LogP contribution in [0.5, 0.6) is 0 Å². The molecule has 1 aromatic rings. The Morgan fingerprint density at radius 2 is 1.79 bits per heavy atom. The summed E-state index contributed by atoms with van der Waals surface area (Å²) < 4.78 is 5.90. The Labute approximate surface area is 116 Å². The highest BCUT2D eigenvalue weighted by molar-refractivity contribution is 5.62. The number of aldehydes is 1. The van der Waals surface area contributed by atoms with Gasteiger partial charge in [0, 0.05) is 12.0 Å². The van der Waals surface area contributed by atoms with Crippen molar-refractivity contribution in [2.45, 2.75) is 46.5 Å². The van der Waals surface area contributed by atoms with Crippen LogP contribution in [-0.2, 0) is 9.53 Å². The summed E-state index contributed by atoms with van der Waals surface area (Å²) in [6.45, 7) is 6.94. The lowest BCUT2D eigenvalue weighted by Crippen LogP contribution is -1.97. The second kappa shape index (κ2) is 8.52. The molecular formula is C17H24O2. The zero-order chi connectivity index (χ0) is 14.1. The maximum Gasteiger partial charge on any atom is 0.125 e. The van der Waals surface area contributed by atoms with Crippen LogP contribution in [0.1, 0.15) is 50.7 Å². The van der Waals surface area contributed by atoms with Gasteiger partial charge in [0.1, 0.15) is 12.0 Å². The number of benzene rings is 1. The van der Waals surface area contributed by atoms with Gasteiger partial charge in [0.05, 0.1) is 6.61 Å². The van der Waals surface area contributed by atoms with E-state index in [0.717, 1.165) is 36.9 Å². The summed E-state index contributed by atoms with van der Waals surface area (Å²) in [6.07, 6.45) is 4.64. The molecule has 0 spiro atoms. The number of unbranched alkanes of at least 4 members (excludes halogenated alkanes) is 3. The monoisotopic (exact) mass is 260 g/mol. The predicted molar refractivity (Wildman–Crippen MR) is 79.9 cm³/mol. The molecule has 0 heterocycles. The highest BCUT2D eigenvalue weighted by Crippen LogP contribution is 2.21. The summed E-state index contributed by atoms with van der Waals surface area (Å²) in [5, 5.41) is 0. The molecule has 0 saturated carbocycles. The van der Waals surface area contributed by atoms with Gasteiger partial charge in [0.2, 0.25) is 0 Å². The Morgan fingerprint density at radius 3 is 2.37 bits per heavy atom. The first-order valence-corrected chi connectivity index (χ1v) is 6.96. The van der Waals surface area contributed by atoms with Crippen LogP contribution in [-0.4, -0.2) is 12.9 Å². The van der Waals surface area contributed by atoms with Crippen molar-refractivity contribution < 1.29 is 9.53 Å². The standard InChI is InChI=1S/C17H24O2/c1-14(2)17(16-10-8-15(3)9-11-16)19-13-7-5-4-6-12-18/h8-12H,4-7,13H2,1-3H3. The minimum Gasteiger partial charge on any atom is -0.493 e. The van der Waals surface area contributed by atoms with E-state index in [1.165, 1.54) is 11.1 Å². The molecular weight excluding hydrogens is 236 g/mol. The molecule has 1 rings (SSSR count). The molecule has 19 heavy (non-hydrogen) atoms. The van der Waals surface area contributed by atoms with Crippen molar-refractivity contribution >= 4 is 12.0 Å². The lowest BCUT2D eigenvalue weighted by atomic mass is 10.1. The predicted octanol–water partition coefficient (Wildman–Crippen LogP) is 4.52. The van der Waals surface area contributed by atoms with Gasteiger partial charge in [-0.25, -0.2) is 0 Å². The molecule has 0 saturated heterocycles. The van der Waals surface area contributed by atoms with Gasteiger partial charge in [-0.2, -0.15) is 0 Å². The average Bonchev–Trinajstić information content (AvgIpc) is 2.39. The molecule has 2 heteroatoms. The number of allylic oxidation sites excluding steroid dienone is 1. The lowest BCUT2D eigenvalue weighted by Gasteiger charge is -2.13. The Morgan fingerprint density at radius 1 is 1.11 bits per heavy atom. The van der Waals surface area contributed by atoms with Crippen LogP contribution < -0.4 is 0 Å². The maximum atomic E-state index is 10.2. The van der Waals surface area contributed by atoms with E-state index in [1.807, 2.05) is 0 Å². The Balaban J connectivity index is 2.49. The minimum absolute atomic E-state index is 0.660. The van der Waals surface area contributed by atoms with Crippen LogP contribution in [0.15, 0.2) is 29.8 Å². The smallest absolute Gasteiger partial charge is 0.125 e. The van der Waals surface area contributed by atoms with E-state index in [9.17, 15) is 4.79 Å². The largest absolute Gasteiger partial charge is 0.493 e. The van der Waals surface area contributed by atoms with Crippen LogP contribution in [0.25, 0.3) is 5.76 Å². The van der Waals surface area contributed by atoms with E-state index in [0.29, 0.717) is 13.0 Å². The normalized spacial score (nSPS) is 10.1. The molecule has 0 fully saturated rings. The quantitative estimate of drug-likeness (QED) is 0.390. The summed E-state index contributed by atoms with van der Waals surface area (Å²) in [6, 6.07) is 8.41. The average molecular weight is 260 g/mol. The first-order chi connectivity index (χ1) is 9.15. The van der Waals surface area contributed by atoms with Crippen molar-refractivity contribution in [1.29, 1.82) is 0 Å². The van der Waals surface area contributed by atoms with Crippen molar-refractivity contribution in [3.63, 3.8) is 0 Å². The third-order valence-electron chi connectivity index (χ3n) is 2.98. The molecule has 0 aliphatic rings. The van der Waals surface area contributed by atoms with Crippen LogP contribution in [0.2, 0.25) is 0 Å². The van der Waals surface area contributed by atoms with Gasteiger partial charge in [-0.3, -0.25) is 0 Å². The van der Waals surface area contributed by atoms with Gasteiger partial charge >= 0.3 is 0 Å². The van der Waals surface area contributed by atoms with Crippen molar-refractivity contribution in [2.24, 2.45) is 0 Å². The third-order valence-corrected chi connectivity index (χ3v) is 2.98. The van der Waals surface area contributed by atoms with Gasteiger partial charge in [-0.15, -0.1) is 0 Å². The molecule has 1 aromatic carbocycles. The summed E-state index contributed by atoms with van der Waals surface area (Å²) >= 11 is 0. The molecule has 0 bridgehead atoms. The molecule has 2 nitrogen and oxygen atoms in total. The van der Waals surface area contributed by atoms with Crippen molar-refractivity contribution in [3.8, 4) is 0 Å². The summed E-state index contributed by atoms with van der Waals surface area (Å²) in [5.41, 5.74) is 3.58. The Hall–Kier alpha value is -1.57. The van der Waals surface area contributed by atoms with E-state index < -0.39 is 0 Å². The second-order valence-electron chi connectivity index (χ2n) is 5.06. The number of hydrogen-bond donors (Lipinski definition) is 0. The molecule has 104 valence electrons. The molecule has 0 N–H and O–H groups in total. The summed E-state index contributed by atoms with van der Waals surface area (Å²) in [5.74, 6) is 0.982. The Bertz CT molecular complexity index is 411. The molecule has 0 amide bonds. The molecule has 0 aromatic heterocycles. The zero-order valence-corrected chi connectivity index (χ0v) is 12.2. The van der Waals surface area contributed by atoms with E-state index in [4.69, 9.17) is 4.74 Å². The van der Waals surface area contributed by atoms with Gasteiger partial charge < -0.3 is 9.53 Å². The molecule has 0 radical (unpaired) electrons. The van der Waals surface area contributed by atoms with Gasteiger partial charge in [0.25, 0.3) is 0 Å². The van der Waals surface area contributed by atoms with E-state index >= 15 is 0 Å². The van der Waals surface area contributed by atoms with Crippen LogP contribution in [0.3, 0.4) is 0 Å². The number of ether oxygens (including phenoxy) is 1. The first-order valence-electron chi connectivity index (χ1n) is 6.96. The molecule has 0 aliphatic heterocycles. The summed E-state index contributed by atoms with van der Waals surface area (Å²) in [7, 11) is 0. The van der Waals surface area contributed by atoms with Gasteiger partial charge in [-0.05, 0) is 45.6 Å². The lowest BCUT2D eigenvalue weighted by molar-refractivity contribution is -0.107. The first kappa shape index (κ1) is 15.5. The van der Waals surface area contributed by atoms with Gasteiger partial charge in [0.15, 0.2) is 0 Å². The SMILES string of the molecule is CC(C)=C(OCCCCCC=O)c1ccc(C)cc1. The third kappa shape index (κ3) is 5.73. The molecule has 0 atom stereocenters. The highest BCUT2D eigenvalue weighted by atomic mass is 16.5. The van der Waals surface area contributed by atoms with Crippen molar-refractivity contribution in [1.82, 2.24) is 0 Å².